The summed E-state index contributed by atoms with van der Waals surface area (Å²) in [7, 11) is 0. The molecule has 0 spiro atoms. The van der Waals surface area contributed by atoms with Gasteiger partial charge in [-0.05, 0) is 75.8 Å². The molecule has 4 rings (SSSR count). The Balaban J connectivity index is 1.68. The van der Waals surface area contributed by atoms with Crippen LogP contribution in [0.2, 0.25) is 0 Å². The molecule has 3 nitrogen and oxygen atoms in total. The zero-order chi connectivity index (χ0) is 23.6. The van der Waals surface area contributed by atoms with E-state index in [2.05, 4.69) is 52.0 Å². The molecule has 0 amide bonds. The first kappa shape index (κ1) is 23.4. The zero-order valence-corrected chi connectivity index (χ0v) is 20.7. The Bertz CT molecular complexity index is 1150. The van der Waals surface area contributed by atoms with Gasteiger partial charge in [0.2, 0.25) is 0 Å². The summed E-state index contributed by atoms with van der Waals surface area (Å²) >= 11 is 1.86. The maximum absolute atomic E-state index is 11.1. The summed E-state index contributed by atoms with van der Waals surface area (Å²) in [6.45, 7) is 9.43. The Hall–Kier alpha value is -2.72. The molecule has 1 aliphatic carbocycles. The Morgan fingerprint density at radius 3 is 2.24 bits per heavy atom. The van der Waals surface area contributed by atoms with E-state index in [1.807, 2.05) is 36.0 Å². The fourth-order valence-electron chi connectivity index (χ4n) is 4.53. The number of rotatable bonds is 7. The van der Waals surface area contributed by atoms with E-state index in [1.54, 1.807) is 18.4 Å². The van der Waals surface area contributed by atoms with Crippen molar-refractivity contribution in [3.63, 3.8) is 0 Å². The molecule has 1 N–H and O–H groups in total. The summed E-state index contributed by atoms with van der Waals surface area (Å²) in [4.78, 5) is 11.1. The summed E-state index contributed by atoms with van der Waals surface area (Å²) < 4.78 is 5.51. The fraction of sp³-hybridized carbons (Fsp3) is 0.345. The second-order valence-electron chi connectivity index (χ2n) is 10.2. The molecule has 4 heteroatoms. The lowest BCUT2D eigenvalue weighted by Gasteiger charge is -2.42. The molecule has 0 atom stereocenters. The van der Waals surface area contributed by atoms with Crippen molar-refractivity contribution in [2.24, 2.45) is 0 Å². The number of fused-ring (bicyclic) bond motifs is 1. The third-order valence-electron chi connectivity index (χ3n) is 6.81. The van der Waals surface area contributed by atoms with Gasteiger partial charge in [0, 0.05) is 5.75 Å². The lowest BCUT2D eigenvalue weighted by atomic mass is 9.62. The van der Waals surface area contributed by atoms with Gasteiger partial charge in [0.05, 0.1) is 17.6 Å². The average molecular weight is 461 g/mol. The Labute approximate surface area is 200 Å². The number of carbonyl (C=O) groups is 1. The van der Waals surface area contributed by atoms with E-state index in [9.17, 15) is 4.79 Å². The van der Waals surface area contributed by atoms with Gasteiger partial charge >= 0.3 is 5.97 Å². The number of furan rings is 1. The number of aromatic carboxylic acids is 1. The topological polar surface area (TPSA) is 50.4 Å². The van der Waals surface area contributed by atoms with Crippen LogP contribution in [0.25, 0.3) is 12.2 Å². The minimum atomic E-state index is -0.902. The molecule has 1 heterocycles. The molecule has 1 aromatic heterocycles. The standard InChI is InChI=1S/C29H32O3S/c1-28(2)13-14-29(3,4)26-17-23(18-33-19-24-6-5-15-32-24)22(16-25(26)28)12-9-20-7-10-21(11-8-20)27(30)31/h5-12,15-17H,13-14,18-19H2,1-4H3,(H,30,31). The van der Waals surface area contributed by atoms with Crippen molar-refractivity contribution >= 4 is 29.9 Å². The minimum Gasteiger partial charge on any atom is -0.478 e. The Morgan fingerprint density at radius 1 is 0.970 bits per heavy atom. The molecule has 172 valence electrons. The van der Waals surface area contributed by atoms with Crippen molar-refractivity contribution in [2.45, 2.75) is 62.9 Å². The monoisotopic (exact) mass is 460 g/mol. The first-order valence-electron chi connectivity index (χ1n) is 11.5. The van der Waals surface area contributed by atoms with Gasteiger partial charge in [-0.1, -0.05) is 64.1 Å². The van der Waals surface area contributed by atoms with Gasteiger partial charge in [-0.15, -0.1) is 11.8 Å². The summed E-state index contributed by atoms with van der Waals surface area (Å²) in [6.07, 6.45) is 8.35. The van der Waals surface area contributed by atoms with E-state index in [-0.39, 0.29) is 10.8 Å². The largest absolute Gasteiger partial charge is 0.478 e. The van der Waals surface area contributed by atoms with Crippen molar-refractivity contribution in [3.05, 3.63) is 93.9 Å². The van der Waals surface area contributed by atoms with Crippen LogP contribution in [0.15, 0.2) is 59.2 Å². The van der Waals surface area contributed by atoms with Crippen molar-refractivity contribution in [1.29, 1.82) is 0 Å². The summed E-state index contributed by atoms with van der Waals surface area (Å²) in [5, 5.41) is 9.15. The summed E-state index contributed by atoms with van der Waals surface area (Å²) in [5.74, 6) is 1.84. The van der Waals surface area contributed by atoms with Crippen LogP contribution >= 0.6 is 11.8 Å². The van der Waals surface area contributed by atoms with E-state index in [0.717, 1.165) is 22.8 Å². The summed E-state index contributed by atoms with van der Waals surface area (Å²) in [5.41, 5.74) is 7.08. The van der Waals surface area contributed by atoms with E-state index in [1.165, 1.54) is 35.1 Å². The van der Waals surface area contributed by atoms with Crippen molar-refractivity contribution in [3.8, 4) is 0 Å². The van der Waals surface area contributed by atoms with E-state index in [0.29, 0.717) is 5.56 Å². The molecule has 0 saturated heterocycles. The van der Waals surface area contributed by atoms with Crippen LogP contribution in [-0.4, -0.2) is 11.1 Å². The van der Waals surface area contributed by atoms with Gasteiger partial charge < -0.3 is 9.52 Å². The third kappa shape index (κ3) is 5.27. The molecule has 1 aliphatic rings. The highest BCUT2D eigenvalue weighted by molar-refractivity contribution is 7.97. The van der Waals surface area contributed by atoms with Crippen LogP contribution in [0.5, 0.6) is 0 Å². The number of hydrogen-bond donors (Lipinski definition) is 1. The van der Waals surface area contributed by atoms with Gasteiger partial charge in [-0.3, -0.25) is 0 Å². The number of hydrogen-bond acceptors (Lipinski definition) is 3. The van der Waals surface area contributed by atoms with Crippen molar-refractivity contribution in [1.82, 2.24) is 0 Å². The number of carboxylic acid groups (broad SMARTS) is 1. The van der Waals surface area contributed by atoms with Crippen LogP contribution in [0.1, 0.15) is 84.5 Å². The maximum Gasteiger partial charge on any atom is 0.335 e. The average Bonchev–Trinajstić information content (AvgIpc) is 3.29. The van der Waals surface area contributed by atoms with Gasteiger partial charge in [0.25, 0.3) is 0 Å². The smallest absolute Gasteiger partial charge is 0.335 e. The highest BCUT2D eigenvalue weighted by atomic mass is 32.2. The number of benzene rings is 2. The highest BCUT2D eigenvalue weighted by Crippen LogP contribution is 2.47. The molecule has 0 fully saturated rings. The van der Waals surface area contributed by atoms with Gasteiger partial charge in [0.1, 0.15) is 5.76 Å². The predicted octanol–water partition coefficient (Wildman–Crippen LogP) is 7.93. The fourth-order valence-corrected chi connectivity index (χ4v) is 5.47. The van der Waals surface area contributed by atoms with Gasteiger partial charge in [0.15, 0.2) is 0 Å². The lowest BCUT2D eigenvalue weighted by molar-refractivity contribution is 0.0697. The molecular formula is C29H32O3S. The quantitative estimate of drug-likeness (QED) is 0.364. The summed E-state index contributed by atoms with van der Waals surface area (Å²) in [6, 6.07) is 15.8. The molecule has 33 heavy (non-hydrogen) atoms. The number of carboxylic acids is 1. The second kappa shape index (κ2) is 9.26. The van der Waals surface area contributed by atoms with Gasteiger partial charge in [-0.2, -0.15) is 0 Å². The van der Waals surface area contributed by atoms with E-state index >= 15 is 0 Å². The molecule has 0 saturated carbocycles. The van der Waals surface area contributed by atoms with Crippen LogP contribution in [0, 0.1) is 0 Å². The zero-order valence-electron chi connectivity index (χ0n) is 19.9. The molecule has 0 unspecified atom stereocenters. The van der Waals surface area contributed by atoms with Gasteiger partial charge in [-0.25, -0.2) is 4.79 Å². The molecule has 2 aromatic carbocycles. The predicted molar refractivity (Wildman–Crippen MR) is 138 cm³/mol. The van der Waals surface area contributed by atoms with Crippen LogP contribution in [-0.2, 0) is 22.3 Å². The third-order valence-corrected chi connectivity index (χ3v) is 7.81. The first-order chi connectivity index (χ1) is 15.7. The second-order valence-corrected chi connectivity index (χ2v) is 11.2. The SMILES string of the molecule is CC1(C)CCC(C)(C)c2cc(CSCc3ccco3)c(C=Cc3ccc(C(=O)O)cc3)cc21. The Morgan fingerprint density at radius 2 is 1.64 bits per heavy atom. The van der Waals surface area contributed by atoms with Crippen molar-refractivity contribution in [2.75, 3.05) is 0 Å². The first-order valence-corrected chi connectivity index (χ1v) is 12.6. The maximum atomic E-state index is 11.1. The molecule has 0 radical (unpaired) electrons. The molecule has 0 bridgehead atoms. The molecule has 0 aliphatic heterocycles. The normalized spacial score (nSPS) is 16.6. The minimum absolute atomic E-state index is 0.149. The highest BCUT2D eigenvalue weighted by Gasteiger charge is 2.37. The van der Waals surface area contributed by atoms with Crippen LogP contribution in [0.4, 0.5) is 0 Å². The van der Waals surface area contributed by atoms with Crippen LogP contribution in [0.3, 0.4) is 0 Å². The number of thioether (sulfide) groups is 1. The van der Waals surface area contributed by atoms with E-state index in [4.69, 9.17) is 9.52 Å². The lowest BCUT2D eigenvalue weighted by Crippen LogP contribution is -2.34. The molecule has 3 aromatic rings. The Kier molecular flexibility index (Phi) is 6.58. The van der Waals surface area contributed by atoms with E-state index < -0.39 is 5.97 Å². The molecular weight excluding hydrogens is 428 g/mol. The van der Waals surface area contributed by atoms with Crippen LogP contribution < -0.4 is 0 Å². The van der Waals surface area contributed by atoms with Crippen molar-refractivity contribution < 1.29 is 14.3 Å².